The maximum atomic E-state index is 12.1. The molecule has 1 fully saturated rings. The number of hydrogen-bond acceptors (Lipinski definition) is 21. The number of unbranched alkanes of at least 4 members (excludes halogenated alkanes) is 4. The van der Waals surface area contributed by atoms with Crippen molar-refractivity contribution in [1.82, 2.24) is 69.8 Å². The summed E-state index contributed by atoms with van der Waals surface area (Å²) in [6.45, 7) is 12.4. The van der Waals surface area contributed by atoms with Gasteiger partial charge in [-0.25, -0.2) is 64.8 Å². The van der Waals surface area contributed by atoms with Crippen molar-refractivity contribution >= 4 is 261 Å². The predicted molar refractivity (Wildman–Crippen MR) is 454 cm³/mol. The molecule has 36 heteroatoms. The number of allylic oxidation sites excluding steroid dienone is 1. The van der Waals surface area contributed by atoms with Gasteiger partial charge in [0.05, 0.1) is 62.8 Å². The van der Waals surface area contributed by atoms with Gasteiger partial charge in [0.2, 0.25) is 37.0 Å². The third-order valence-corrected chi connectivity index (χ3v) is 35.9. The third kappa shape index (κ3) is 32.4. The van der Waals surface area contributed by atoms with E-state index < -0.39 is 21.6 Å². The average Bonchev–Trinajstić information content (AvgIpc) is 1.60. The van der Waals surface area contributed by atoms with Gasteiger partial charge >= 0.3 is 120 Å². The molecule has 7 heterocycles. The quantitative estimate of drug-likeness (QED) is 0.0153. The average molecular weight is 2180 g/mol. The molecule has 0 unspecified atom stereocenters. The van der Waals surface area contributed by atoms with Gasteiger partial charge in [-0.1, -0.05) is 114 Å². The second kappa shape index (κ2) is 50.4. The van der Waals surface area contributed by atoms with Gasteiger partial charge in [-0.15, -0.1) is 0 Å². The maximum absolute atomic E-state index is 12.1. The molecule has 0 aliphatic heterocycles. The zero-order valence-corrected chi connectivity index (χ0v) is 77.3. The molecule has 21 nitrogen and oxygen atoms in total. The van der Waals surface area contributed by atoms with Gasteiger partial charge in [-0.3, -0.25) is 14.4 Å². The molecule has 5 aliphatic carbocycles. The molecular weight excluding hydrogens is 2100 g/mol. The molecule has 0 amide bonds. The van der Waals surface area contributed by atoms with Gasteiger partial charge in [0, 0.05) is 84.9 Å². The number of carbonyl (C=O) groups excluding carboxylic acids is 3. The van der Waals surface area contributed by atoms with Crippen molar-refractivity contribution in [2.45, 2.75) is 166 Å². The number of carbonyl (C=O) groups is 3. The van der Waals surface area contributed by atoms with Crippen LogP contribution in [0.5, 0.6) is 0 Å². The van der Waals surface area contributed by atoms with Crippen LogP contribution >= 0.6 is 202 Å². The second-order valence-corrected chi connectivity index (χ2v) is 46.2. The first-order chi connectivity index (χ1) is 49.6. The fourth-order valence-corrected chi connectivity index (χ4v) is 27.7. The van der Waals surface area contributed by atoms with Crippen molar-refractivity contribution in [2.24, 2.45) is 0 Å². The van der Waals surface area contributed by atoms with Gasteiger partial charge in [0.15, 0.2) is 9.02 Å². The number of rotatable bonds is 18. The number of nitrogens with two attached hydrogens (primary N) is 2. The molecule has 0 saturated heterocycles. The van der Waals surface area contributed by atoms with Crippen LogP contribution < -0.4 is 11.5 Å². The summed E-state index contributed by atoms with van der Waals surface area (Å²) in [6, 6.07) is 0. The van der Waals surface area contributed by atoms with Crippen LogP contribution in [-0.2, 0) is 64.6 Å². The number of ether oxygens (including phenoxy) is 2. The van der Waals surface area contributed by atoms with Gasteiger partial charge in [0.25, 0.3) is 0 Å². The van der Waals surface area contributed by atoms with E-state index >= 15 is 0 Å². The maximum Gasteiger partial charge on any atom is 0.224 e. The fourth-order valence-electron chi connectivity index (χ4n) is 10.4. The molecule has 1 saturated carbocycles. The zero-order chi connectivity index (χ0) is 76.8. The molecule has 0 bridgehead atoms. The molecule has 564 valence electrons. The standard InChI is InChI=1S/C11H11ClN2O.C8H10ClN3O.C7H3Br2ClN2O.C7H5ClN2O.C7H5ClN2.C4HBrCl2N2.C4H3BrClN3.C4H8I2.C4H7O.3C4H9.Sn/c12-10-13-6-7-8(14-10)5-9(15)11(7)3-1-2-4-11;1-2-13-4-3-6-5-11-8(9)12-7(6)10;8-7(9)3-2-11-6(10)12-4(3)1-5(7)13;8-7-9-3-4-1-5(11)2-6(4)10-7;8-7-9-4-5-2-1-3-6(5)10-7;5-2-1-8-4(7)9-3(2)6;5-2-1-8-4(6)9-3(2)7;5-3-1-2-4-6;1-3-5-4-2;3*1-3-4-2;/h6H,1-5H2;3-5H,2H2,1H3,(H2,10,11,12);2H,1H2;3H,1-2H2;1-2,4H,3H2;1H;1H,(H2,7,8,9);1-4H2;1,3H,4H2,2H3;3*1,3-4H2,2H3;/b;4-3+;;;;;;;;;;;. The molecular formula is C68H80Br4Cl8I2N16O5Sn. The Morgan fingerprint density at radius 1 is 0.519 bits per heavy atom. The van der Waals surface area contributed by atoms with E-state index in [-0.39, 0.29) is 55.1 Å². The van der Waals surface area contributed by atoms with Crippen LogP contribution in [0.2, 0.25) is 55.4 Å². The Kier molecular flexibility index (Phi) is 45.5. The molecule has 7 aromatic heterocycles. The van der Waals surface area contributed by atoms with Crippen molar-refractivity contribution in [3.05, 3.63) is 168 Å². The molecule has 104 heavy (non-hydrogen) atoms. The Bertz CT molecular complexity index is 3920. The predicted octanol–water partition coefficient (Wildman–Crippen LogP) is 21.1. The van der Waals surface area contributed by atoms with Gasteiger partial charge < -0.3 is 16.2 Å². The van der Waals surface area contributed by atoms with Crippen molar-refractivity contribution in [3.63, 3.8) is 0 Å². The van der Waals surface area contributed by atoms with Crippen LogP contribution in [0.25, 0.3) is 12.2 Å². The van der Waals surface area contributed by atoms with E-state index in [1.165, 1.54) is 85.9 Å². The first-order valence-corrected chi connectivity index (χ1v) is 50.0. The minimum absolute atomic E-state index is 0.0130. The molecule has 1 spiro atoms. The SMILES string of the molecule is CCC[CH2][Sn](/[CH]=C/OCC)([CH2]CCC)[CH2]CCC.CCO/C=C/c1cnc(Cl)nc1N.Clc1ncc(Br)c(Cl)n1.Clc1ncc2c(n1)CC=C2.ICCCCI.Nc1nc(Cl)ncc1Br.O=C1Cc2cnc(Cl)nc2C1.O=C1Cc2nc(Cl)ncc2C1(Br)Br.O=C1Cc2nc(Cl)ncc2C12CCCC2. The summed E-state index contributed by atoms with van der Waals surface area (Å²) in [5.74, 6) is 1.22. The molecule has 4 N–H and O–H groups in total. The van der Waals surface area contributed by atoms with Crippen molar-refractivity contribution in [3.8, 4) is 0 Å². The Hall–Kier alpha value is -2.51. The Morgan fingerprint density at radius 3 is 1.50 bits per heavy atom. The largest absolute Gasteiger partial charge is 0.501 e. The summed E-state index contributed by atoms with van der Waals surface area (Å²) in [4.78, 5) is 88.2. The number of nitrogens with zero attached hydrogens (tertiary/aromatic N) is 14. The van der Waals surface area contributed by atoms with Gasteiger partial charge in [0.1, 0.15) is 28.4 Å². The summed E-state index contributed by atoms with van der Waals surface area (Å²) in [5.41, 5.74) is 18.5. The fraction of sp³-hybridized carbons (Fsp3) is 0.456. The smallest absolute Gasteiger partial charge is 0.224 e. The molecule has 7 aromatic rings. The normalized spacial score (nSPS) is 14.1. The number of ketones is 3. The summed E-state index contributed by atoms with van der Waals surface area (Å²) in [7, 11) is 0. The van der Waals surface area contributed by atoms with Crippen LogP contribution in [0.3, 0.4) is 0 Å². The van der Waals surface area contributed by atoms with Gasteiger partial charge in [-0.2, -0.15) is 4.98 Å². The van der Waals surface area contributed by atoms with E-state index in [9.17, 15) is 14.4 Å². The number of fused-ring (bicyclic) bond motifs is 5. The summed E-state index contributed by atoms with van der Waals surface area (Å²) >= 11 is 59.9. The molecule has 5 aliphatic rings. The first kappa shape index (κ1) is 93.9. The molecule has 0 radical (unpaired) electrons. The Morgan fingerprint density at radius 2 is 0.981 bits per heavy atom. The number of halogens is 14. The number of anilines is 2. The number of hydrogen-bond donors (Lipinski definition) is 2. The summed E-state index contributed by atoms with van der Waals surface area (Å²) in [5, 5.41) is 1.77. The zero-order valence-electron chi connectivity index (χ0n) is 57.7. The Balaban J connectivity index is 0.000000251. The second-order valence-electron chi connectivity index (χ2n) is 23.1. The van der Waals surface area contributed by atoms with Crippen LogP contribution in [0, 0.1) is 0 Å². The van der Waals surface area contributed by atoms with Crippen molar-refractivity contribution < 1.29 is 23.9 Å². The van der Waals surface area contributed by atoms with Crippen molar-refractivity contribution in [2.75, 3.05) is 33.5 Å². The van der Waals surface area contributed by atoms with Crippen LogP contribution in [0.1, 0.15) is 162 Å². The topological polar surface area (TPSA) is 302 Å². The van der Waals surface area contributed by atoms with Crippen LogP contribution in [0.4, 0.5) is 11.6 Å². The molecule has 12 rings (SSSR count). The van der Waals surface area contributed by atoms with Gasteiger partial charge in [-0.05, 0) is 166 Å². The third-order valence-electron chi connectivity index (χ3n) is 15.7. The van der Waals surface area contributed by atoms with Crippen molar-refractivity contribution in [1.29, 1.82) is 0 Å². The van der Waals surface area contributed by atoms with E-state index in [1.54, 1.807) is 43.3 Å². The minimum atomic E-state index is -2.02. The van der Waals surface area contributed by atoms with Crippen LogP contribution in [-0.4, -0.2) is 128 Å². The first-order valence-electron chi connectivity index (χ1n) is 33.1. The van der Waals surface area contributed by atoms with E-state index in [4.69, 9.17) is 114 Å². The minimum Gasteiger partial charge on any atom is -0.501 e. The monoisotopic (exact) mass is 2170 g/mol. The number of aromatic nitrogens is 14. The summed E-state index contributed by atoms with van der Waals surface area (Å²) < 4.78 is 20.8. The number of nitrogen functional groups attached to an aromatic ring is 2. The van der Waals surface area contributed by atoms with E-state index in [1.807, 2.05) is 13.0 Å². The number of Topliss-reactive ketones (excluding diaryl/α,β-unsaturated/α-hetero) is 3. The van der Waals surface area contributed by atoms with Crippen LogP contribution in [0.15, 0.2) is 75.0 Å². The van der Waals surface area contributed by atoms with E-state index in [2.05, 4.69) is 223 Å². The molecule has 0 atom stereocenters. The molecule has 0 aromatic carbocycles. The van der Waals surface area contributed by atoms with E-state index in [0.717, 1.165) is 78.0 Å². The van der Waals surface area contributed by atoms with E-state index in [0.29, 0.717) is 73.9 Å². The Labute approximate surface area is 713 Å². The number of alkyl halides is 4. The summed E-state index contributed by atoms with van der Waals surface area (Å²) in [6.07, 6.45) is 38.4.